The Bertz CT molecular complexity index is 1010. The zero-order chi connectivity index (χ0) is 21.1. The Labute approximate surface area is 179 Å². The number of halogens is 2. The molecule has 1 aromatic heterocycles. The van der Waals surface area contributed by atoms with Crippen molar-refractivity contribution in [2.45, 2.75) is 32.4 Å². The van der Waals surface area contributed by atoms with E-state index in [2.05, 4.69) is 27.5 Å². The van der Waals surface area contributed by atoms with Crippen LogP contribution in [0.5, 0.6) is 0 Å². The molecule has 30 heavy (non-hydrogen) atoms. The van der Waals surface area contributed by atoms with Crippen LogP contribution in [-0.2, 0) is 6.54 Å². The zero-order valence-electron chi connectivity index (χ0n) is 16.7. The first-order valence-electron chi connectivity index (χ1n) is 10.0. The first-order valence-corrected chi connectivity index (χ1v) is 10.4. The van der Waals surface area contributed by atoms with Gasteiger partial charge in [0.05, 0.1) is 10.6 Å². The van der Waals surface area contributed by atoms with Crippen molar-refractivity contribution in [2.75, 3.05) is 13.1 Å². The minimum Gasteiger partial charge on any atom is -0.360 e. The highest BCUT2D eigenvalue weighted by atomic mass is 35.5. The molecule has 1 N–H and O–H groups in total. The molecule has 1 aliphatic heterocycles. The van der Waals surface area contributed by atoms with Crippen LogP contribution in [0, 0.1) is 12.7 Å². The molecule has 7 heteroatoms. The normalized spacial score (nSPS) is 15.3. The van der Waals surface area contributed by atoms with Crippen molar-refractivity contribution >= 4 is 17.5 Å². The van der Waals surface area contributed by atoms with Crippen LogP contribution >= 0.6 is 11.6 Å². The molecule has 5 nitrogen and oxygen atoms in total. The van der Waals surface area contributed by atoms with Crippen LogP contribution in [0.3, 0.4) is 0 Å². The zero-order valence-corrected chi connectivity index (χ0v) is 17.5. The molecule has 2 aromatic carbocycles. The lowest BCUT2D eigenvalue weighted by Gasteiger charge is -2.32. The molecule has 156 valence electrons. The monoisotopic (exact) mass is 427 g/mol. The van der Waals surface area contributed by atoms with Gasteiger partial charge < -0.3 is 9.84 Å². The maximum atomic E-state index is 14.4. The molecular weight excluding hydrogens is 405 g/mol. The average molecular weight is 428 g/mol. The van der Waals surface area contributed by atoms with Crippen molar-refractivity contribution < 1.29 is 13.7 Å². The smallest absolute Gasteiger partial charge is 0.257 e. The largest absolute Gasteiger partial charge is 0.360 e. The second-order valence-corrected chi connectivity index (χ2v) is 7.98. The first kappa shape index (κ1) is 20.6. The van der Waals surface area contributed by atoms with E-state index in [4.69, 9.17) is 16.1 Å². The second-order valence-electron chi connectivity index (χ2n) is 7.57. The molecule has 0 spiro atoms. The fourth-order valence-electron chi connectivity index (χ4n) is 3.87. The summed E-state index contributed by atoms with van der Waals surface area (Å²) in [6.45, 7) is 4.34. The van der Waals surface area contributed by atoms with Gasteiger partial charge in [-0.25, -0.2) is 4.39 Å². The highest BCUT2D eigenvalue weighted by Gasteiger charge is 2.28. The molecular formula is C23H23ClFN3O2. The number of rotatable bonds is 5. The number of nitrogens with one attached hydrogen (secondary N) is 1. The molecule has 0 unspecified atom stereocenters. The number of nitrogens with zero attached hydrogens (tertiary/aromatic N) is 2. The summed E-state index contributed by atoms with van der Waals surface area (Å²) >= 11 is 6.17. The van der Waals surface area contributed by atoms with Crippen molar-refractivity contribution in [3.8, 4) is 11.3 Å². The van der Waals surface area contributed by atoms with Gasteiger partial charge in [0.1, 0.15) is 22.8 Å². The van der Waals surface area contributed by atoms with Crippen molar-refractivity contribution in [1.82, 2.24) is 15.4 Å². The Morgan fingerprint density at radius 3 is 2.63 bits per heavy atom. The molecule has 1 fully saturated rings. The SMILES string of the molecule is Cc1onc(-c2c(F)cccc2Cl)c1C(=O)NC1CCN(Cc2ccccc2)CC1. The Morgan fingerprint density at radius 1 is 1.20 bits per heavy atom. The predicted octanol–water partition coefficient (Wildman–Crippen LogP) is 4.84. The van der Waals surface area contributed by atoms with E-state index in [9.17, 15) is 9.18 Å². The molecule has 1 saturated heterocycles. The summed E-state index contributed by atoms with van der Waals surface area (Å²) in [5.74, 6) is -0.521. The lowest BCUT2D eigenvalue weighted by molar-refractivity contribution is 0.0908. The quantitative estimate of drug-likeness (QED) is 0.633. The van der Waals surface area contributed by atoms with Crippen LogP contribution in [0.1, 0.15) is 34.5 Å². The van der Waals surface area contributed by atoms with Crippen molar-refractivity contribution in [3.63, 3.8) is 0 Å². The summed E-state index contributed by atoms with van der Waals surface area (Å²) in [5.41, 5.74) is 1.73. The molecule has 1 amide bonds. The number of aryl methyl sites for hydroxylation is 1. The number of amides is 1. The summed E-state index contributed by atoms with van der Waals surface area (Å²) < 4.78 is 19.6. The lowest BCUT2D eigenvalue weighted by Crippen LogP contribution is -2.44. The van der Waals surface area contributed by atoms with Crippen molar-refractivity contribution in [2.24, 2.45) is 0 Å². The number of benzene rings is 2. The lowest BCUT2D eigenvalue weighted by atomic mass is 10.0. The number of hydrogen-bond acceptors (Lipinski definition) is 4. The molecule has 1 aliphatic rings. The number of hydrogen-bond donors (Lipinski definition) is 1. The highest BCUT2D eigenvalue weighted by molar-refractivity contribution is 6.33. The van der Waals surface area contributed by atoms with Gasteiger partial charge in [-0.3, -0.25) is 9.69 Å². The van der Waals surface area contributed by atoms with Gasteiger partial charge in [0, 0.05) is 25.7 Å². The third-order valence-electron chi connectivity index (χ3n) is 5.46. The molecule has 4 rings (SSSR count). The number of carbonyl (C=O) groups is 1. The standard InChI is InChI=1S/C23H23ClFN3O2/c1-15-20(22(27-30-15)21-18(24)8-5-9-19(21)25)23(29)26-17-10-12-28(13-11-17)14-16-6-3-2-4-7-16/h2-9,17H,10-14H2,1H3,(H,26,29). The van der Waals surface area contributed by atoms with Crippen LogP contribution < -0.4 is 5.32 Å². The van der Waals surface area contributed by atoms with E-state index in [1.54, 1.807) is 13.0 Å². The maximum Gasteiger partial charge on any atom is 0.257 e. The molecule has 0 radical (unpaired) electrons. The van der Waals surface area contributed by atoms with Crippen LogP contribution in [0.4, 0.5) is 4.39 Å². The Kier molecular flexibility index (Phi) is 6.16. The van der Waals surface area contributed by atoms with E-state index in [-0.39, 0.29) is 33.8 Å². The third kappa shape index (κ3) is 4.40. The van der Waals surface area contributed by atoms with E-state index in [0.717, 1.165) is 32.5 Å². The summed E-state index contributed by atoms with van der Waals surface area (Å²) in [5, 5.41) is 7.16. The van der Waals surface area contributed by atoms with Crippen LogP contribution in [0.15, 0.2) is 53.1 Å². The van der Waals surface area contributed by atoms with Crippen LogP contribution in [0.2, 0.25) is 5.02 Å². The first-order chi connectivity index (χ1) is 14.5. The topological polar surface area (TPSA) is 58.4 Å². The summed E-state index contributed by atoms with van der Waals surface area (Å²) in [6.07, 6.45) is 1.69. The summed E-state index contributed by atoms with van der Waals surface area (Å²) in [7, 11) is 0. The van der Waals surface area contributed by atoms with Gasteiger partial charge in [0.15, 0.2) is 0 Å². The summed E-state index contributed by atoms with van der Waals surface area (Å²) in [4.78, 5) is 15.4. The molecule has 0 bridgehead atoms. The number of aromatic nitrogens is 1. The van der Waals surface area contributed by atoms with E-state index in [1.807, 2.05) is 18.2 Å². The maximum absolute atomic E-state index is 14.4. The highest BCUT2D eigenvalue weighted by Crippen LogP contribution is 2.33. The minimum atomic E-state index is -0.543. The molecule has 0 saturated carbocycles. The fraction of sp³-hybridized carbons (Fsp3) is 0.304. The average Bonchev–Trinajstić information content (AvgIpc) is 3.11. The van der Waals surface area contributed by atoms with E-state index in [1.165, 1.54) is 17.7 Å². The molecule has 3 aromatic rings. The van der Waals surface area contributed by atoms with E-state index in [0.29, 0.717) is 5.76 Å². The molecule has 0 aliphatic carbocycles. The van der Waals surface area contributed by atoms with Crippen LogP contribution in [-0.4, -0.2) is 35.1 Å². The van der Waals surface area contributed by atoms with Crippen molar-refractivity contribution in [1.29, 1.82) is 0 Å². The van der Waals surface area contributed by atoms with Crippen molar-refractivity contribution in [3.05, 3.63) is 76.3 Å². The Morgan fingerprint density at radius 2 is 1.93 bits per heavy atom. The number of carbonyl (C=O) groups excluding carboxylic acids is 1. The van der Waals surface area contributed by atoms with Gasteiger partial charge in [0.2, 0.25) is 0 Å². The van der Waals surface area contributed by atoms with Gasteiger partial charge in [0.25, 0.3) is 5.91 Å². The molecule has 2 heterocycles. The Balaban J connectivity index is 1.43. The number of likely N-dealkylation sites (tertiary alicyclic amines) is 1. The van der Waals surface area contributed by atoms with Gasteiger partial charge >= 0.3 is 0 Å². The van der Waals surface area contributed by atoms with Gasteiger partial charge in [-0.15, -0.1) is 0 Å². The third-order valence-corrected chi connectivity index (χ3v) is 5.78. The van der Waals surface area contributed by atoms with Gasteiger partial charge in [-0.1, -0.05) is 53.2 Å². The van der Waals surface area contributed by atoms with Gasteiger partial charge in [-0.05, 0) is 37.5 Å². The fourth-order valence-corrected chi connectivity index (χ4v) is 4.12. The Hall–Kier alpha value is -2.70. The number of piperidine rings is 1. The van der Waals surface area contributed by atoms with E-state index >= 15 is 0 Å². The van der Waals surface area contributed by atoms with E-state index < -0.39 is 5.82 Å². The second kappa shape index (κ2) is 8.98. The minimum absolute atomic E-state index is 0.0442. The predicted molar refractivity (Wildman–Crippen MR) is 114 cm³/mol. The summed E-state index contributed by atoms with van der Waals surface area (Å²) in [6, 6.07) is 14.8. The van der Waals surface area contributed by atoms with Gasteiger partial charge in [-0.2, -0.15) is 0 Å². The molecule has 0 atom stereocenters. The van der Waals surface area contributed by atoms with Crippen LogP contribution in [0.25, 0.3) is 11.3 Å².